The van der Waals surface area contributed by atoms with Crippen molar-refractivity contribution in [1.82, 2.24) is 9.78 Å². The van der Waals surface area contributed by atoms with Crippen LogP contribution in [0.3, 0.4) is 0 Å². The van der Waals surface area contributed by atoms with Gasteiger partial charge in [0.25, 0.3) is 0 Å². The zero-order chi connectivity index (χ0) is 13.6. The van der Waals surface area contributed by atoms with E-state index >= 15 is 0 Å². The summed E-state index contributed by atoms with van der Waals surface area (Å²) < 4.78 is 15.3. The Bertz CT molecular complexity index is 682. The van der Waals surface area contributed by atoms with E-state index in [1.165, 1.54) is 12.1 Å². The van der Waals surface area contributed by atoms with Gasteiger partial charge in [-0.25, -0.2) is 13.9 Å². The van der Waals surface area contributed by atoms with Crippen LogP contribution in [0.15, 0.2) is 22.7 Å². The molecule has 0 saturated carbocycles. The number of fused-ring (bicyclic) bond motifs is 1. The molecule has 0 fully saturated rings. The fourth-order valence-electron chi connectivity index (χ4n) is 2.46. The van der Waals surface area contributed by atoms with Crippen molar-refractivity contribution in [3.63, 3.8) is 0 Å². The molecule has 0 amide bonds. The lowest BCUT2D eigenvalue weighted by Gasteiger charge is -2.07. The average Bonchev–Trinajstić information content (AvgIpc) is 2.90. The van der Waals surface area contributed by atoms with Crippen molar-refractivity contribution in [3.8, 4) is 5.69 Å². The Labute approximate surface area is 117 Å². The maximum Gasteiger partial charge on any atom is 0.356 e. The molecule has 3 rings (SSSR count). The van der Waals surface area contributed by atoms with Gasteiger partial charge in [-0.2, -0.15) is 5.10 Å². The summed E-state index contributed by atoms with van der Waals surface area (Å²) in [6, 6.07) is 4.28. The summed E-state index contributed by atoms with van der Waals surface area (Å²) in [6.07, 6.45) is 2.45. The highest BCUT2D eigenvalue weighted by Gasteiger charge is 2.27. The SMILES string of the molecule is O=C(O)c1nn(-c2ccc(F)cc2Br)c2c1CCC2. The number of nitrogens with zero attached hydrogens (tertiary/aromatic N) is 2. The molecule has 0 radical (unpaired) electrons. The molecule has 1 aromatic carbocycles. The summed E-state index contributed by atoms with van der Waals surface area (Å²) >= 11 is 3.29. The predicted molar refractivity (Wildman–Crippen MR) is 70.2 cm³/mol. The summed E-state index contributed by atoms with van der Waals surface area (Å²) in [4.78, 5) is 11.2. The van der Waals surface area contributed by atoms with Crippen molar-refractivity contribution in [1.29, 1.82) is 0 Å². The van der Waals surface area contributed by atoms with Crippen molar-refractivity contribution in [2.75, 3.05) is 0 Å². The zero-order valence-electron chi connectivity index (χ0n) is 9.86. The van der Waals surface area contributed by atoms with Gasteiger partial charge in [0.15, 0.2) is 5.69 Å². The minimum atomic E-state index is -1.02. The lowest BCUT2D eigenvalue weighted by Crippen LogP contribution is -2.05. The van der Waals surface area contributed by atoms with Crippen molar-refractivity contribution in [2.45, 2.75) is 19.3 Å². The second-order valence-corrected chi connectivity index (χ2v) is 5.29. The van der Waals surface area contributed by atoms with Gasteiger partial charge in [-0.15, -0.1) is 0 Å². The first-order chi connectivity index (χ1) is 9.08. The molecule has 1 aromatic heterocycles. The van der Waals surface area contributed by atoms with Gasteiger partial charge in [0.05, 0.1) is 5.69 Å². The van der Waals surface area contributed by atoms with Crippen LogP contribution in [0.25, 0.3) is 5.69 Å². The summed E-state index contributed by atoms with van der Waals surface area (Å²) in [5, 5.41) is 13.3. The van der Waals surface area contributed by atoms with E-state index in [2.05, 4.69) is 21.0 Å². The molecule has 2 aromatic rings. The number of carboxylic acids is 1. The van der Waals surface area contributed by atoms with E-state index in [-0.39, 0.29) is 11.5 Å². The quantitative estimate of drug-likeness (QED) is 0.924. The number of rotatable bonds is 2. The lowest BCUT2D eigenvalue weighted by atomic mass is 10.2. The third-order valence-electron chi connectivity index (χ3n) is 3.27. The van der Waals surface area contributed by atoms with Gasteiger partial charge in [0, 0.05) is 15.7 Å². The smallest absolute Gasteiger partial charge is 0.356 e. The van der Waals surface area contributed by atoms with Crippen LogP contribution in [0.4, 0.5) is 4.39 Å². The number of aromatic carboxylic acids is 1. The molecule has 4 nitrogen and oxygen atoms in total. The van der Waals surface area contributed by atoms with Gasteiger partial charge in [-0.05, 0) is 53.4 Å². The normalized spacial score (nSPS) is 13.6. The monoisotopic (exact) mass is 324 g/mol. The first-order valence-corrected chi connectivity index (χ1v) is 6.66. The third kappa shape index (κ3) is 1.96. The van der Waals surface area contributed by atoms with E-state index in [0.717, 1.165) is 30.5 Å². The molecule has 98 valence electrons. The van der Waals surface area contributed by atoms with Crippen LogP contribution < -0.4 is 0 Å². The second kappa shape index (κ2) is 4.45. The van der Waals surface area contributed by atoms with Crippen LogP contribution in [0.1, 0.15) is 28.2 Å². The molecule has 1 N–H and O–H groups in total. The fraction of sp³-hybridized carbons (Fsp3) is 0.231. The van der Waals surface area contributed by atoms with Gasteiger partial charge in [-0.1, -0.05) is 0 Å². The van der Waals surface area contributed by atoms with E-state index in [9.17, 15) is 14.3 Å². The summed E-state index contributed by atoms with van der Waals surface area (Å²) in [7, 11) is 0. The minimum absolute atomic E-state index is 0.101. The van der Waals surface area contributed by atoms with Crippen LogP contribution in [0.5, 0.6) is 0 Å². The highest BCUT2D eigenvalue weighted by Crippen LogP contribution is 2.30. The highest BCUT2D eigenvalue weighted by molar-refractivity contribution is 9.10. The lowest BCUT2D eigenvalue weighted by molar-refractivity contribution is 0.0689. The summed E-state index contributed by atoms with van der Waals surface area (Å²) in [5.74, 6) is -1.37. The van der Waals surface area contributed by atoms with E-state index in [0.29, 0.717) is 10.2 Å². The van der Waals surface area contributed by atoms with Crippen LogP contribution in [0, 0.1) is 5.82 Å². The molecule has 1 aliphatic carbocycles. The summed E-state index contributed by atoms with van der Waals surface area (Å²) in [5.41, 5.74) is 2.46. The molecular formula is C13H10BrFN2O2. The fourth-order valence-corrected chi connectivity index (χ4v) is 2.98. The molecule has 1 heterocycles. The van der Waals surface area contributed by atoms with Crippen LogP contribution in [0.2, 0.25) is 0 Å². The third-order valence-corrected chi connectivity index (χ3v) is 3.91. The van der Waals surface area contributed by atoms with Crippen LogP contribution in [-0.2, 0) is 12.8 Å². The van der Waals surface area contributed by atoms with Crippen molar-refractivity contribution < 1.29 is 14.3 Å². The molecule has 0 spiro atoms. The Kier molecular flexibility index (Phi) is 2.89. The topological polar surface area (TPSA) is 55.1 Å². The van der Waals surface area contributed by atoms with Crippen LogP contribution >= 0.6 is 15.9 Å². The van der Waals surface area contributed by atoms with Gasteiger partial charge in [-0.3, -0.25) is 0 Å². The molecule has 19 heavy (non-hydrogen) atoms. The van der Waals surface area contributed by atoms with Crippen molar-refractivity contribution in [3.05, 3.63) is 45.4 Å². The largest absolute Gasteiger partial charge is 0.476 e. The van der Waals surface area contributed by atoms with E-state index in [1.807, 2.05) is 0 Å². The molecule has 0 atom stereocenters. The Morgan fingerprint density at radius 2 is 2.21 bits per heavy atom. The Morgan fingerprint density at radius 3 is 2.89 bits per heavy atom. The Morgan fingerprint density at radius 1 is 1.42 bits per heavy atom. The molecule has 0 saturated heterocycles. The predicted octanol–water partition coefficient (Wildman–Crippen LogP) is 2.96. The zero-order valence-corrected chi connectivity index (χ0v) is 11.4. The Hall–Kier alpha value is -1.69. The molecule has 0 bridgehead atoms. The summed E-state index contributed by atoms with van der Waals surface area (Å²) in [6.45, 7) is 0. The second-order valence-electron chi connectivity index (χ2n) is 4.44. The minimum Gasteiger partial charge on any atom is -0.476 e. The first kappa shape index (κ1) is 12.3. The molecule has 0 unspecified atom stereocenters. The van der Waals surface area contributed by atoms with Gasteiger partial charge >= 0.3 is 5.97 Å². The number of aromatic nitrogens is 2. The number of halogens is 2. The molecule has 6 heteroatoms. The first-order valence-electron chi connectivity index (χ1n) is 5.87. The maximum absolute atomic E-state index is 13.1. The van der Waals surface area contributed by atoms with E-state index in [4.69, 9.17) is 0 Å². The number of benzene rings is 1. The van der Waals surface area contributed by atoms with E-state index in [1.54, 1.807) is 10.7 Å². The molecule has 1 aliphatic rings. The van der Waals surface area contributed by atoms with Crippen molar-refractivity contribution >= 4 is 21.9 Å². The number of carboxylic acid groups (broad SMARTS) is 1. The van der Waals surface area contributed by atoms with Gasteiger partial charge in [0.1, 0.15) is 5.82 Å². The maximum atomic E-state index is 13.1. The Balaban J connectivity index is 2.21. The van der Waals surface area contributed by atoms with E-state index < -0.39 is 5.97 Å². The number of hydrogen-bond acceptors (Lipinski definition) is 2. The van der Waals surface area contributed by atoms with Crippen LogP contribution in [-0.4, -0.2) is 20.9 Å². The molecule has 0 aliphatic heterocycles. The van der Waals surface area contributed by atoms with Crippen molar-refractivity contribution in [2.24, 2.45) is 0 Å². The van der Waals surface area contributed by atoms with Gasteiger partial charge < -0.3 is 5.11 Å². The molecular weight excluding hydrogens is 315 g/mol. The average molecular weight is 325 g/mol. The number of carbonyl (C=O) groups is 1. The highest BCUT2D eigenvalue weighted by atomic mass is 79.9. The number of hydrogen-bond donors (Lipinski definition) is 1. The standard InChI is InChI=1S/C13H10BrFN2O2/c14-9-6-7(15)4-5-11(9)17-10-3-1-2-8(10)12(16-17)13(18)19/h4-6H,1-3H2,(H,18,19). The van der Waals surface area contributed by atoms with Gasteiger partial charge in [0.2, 0.25) is 0 Å².